The zero-order valence-electron chi connectivity index (χ0n) is 20.2. The van der Waals surface area contributed by atoms with Gasteiger partial charge < -0.3 is 24.7 Å². The molecule has 4 heterocycles. The van der Waals surface area contributed by atoms with Gasteiger partial charge in [-0.2, -0.15) is 0 Å². The number of nitrogens with zero attached hydrogens (tertiary/aromatic N) is 4. The van der Waals surface area contributed by atoms with Gasteiger partial charge in [0, 0.05) is 36.5 Å². The van der Waals surface area contributed by atoms with Crippen molar-refractivity contribution in [1.29, 1.82) is 0 Å². The van der Waals surface area contributed by atoms with Crippen LogP contribution >= 0.6 is 0 Å². The summed E-state index contributed by atoms with van der Waals surface area (Å²) >= 11 is 0. The number of carboxylic acids is 2. The van der Waals surface area contributed by atoms with Gasteiger partial charge in [0.25, 0.3) is 0 Å². The molecule has 1 aromatic heterocycles. The van der Waals surface area contributed by atoms with Crippen LogP contribution in [-0.4, -0.2) is 87.1 Å². The lowest BCUT2D eigenvalue weighted by Crippen LogP contribution is -2.46. The number of aromatic nitrogens is 2. The molecular formula is C25H40N4O5. The van der Waals surface area contributed by atoms with Gasteiger partial charge in [0.1, 0.15) is 0 Å². The van der Waals surface area contributed by atoms with Gasteiger partial charge in [-0.3, -0.25) is 4.68 Å². The van der Waals surface area contributed by atoms with Crippen molar-refractivity contribution < 1.29 is 24.5 Å². The van der Waals surface area contributed by atoms with Crippen molar-refractivity contribution in [3.63, 3.8) is 0 Å². The lowest BCUT2D eigenvalue weighted by Gasteiger charge is -2.40. The number of unbranched alkanes of at least 4 members (excludes halogenated alkanes) is 1. The summed E-state index contributed by atoms with van der Waals surface area (Å²) in [6, 6.07) is 3.01. The second kappa shape index (κ2) is 14.1. The van der Waals surface area contributed by atoms with E-state index in [0.717, 1.165) is 37.9 Å². The van der Waals surface area contributed by atoms with Gasteiger partial charge >= 0.3 is 11.9 Å². The summed E-state index contributed by atoms with van der Waals surface area (Å²) in [4.78, 5) is 24.5. The summed E-state index contributed by atoms with van der Waals surface area (Å²) in [6.07, 6.45) is 14.2. The highest BCUT2D eigenvalue weighted by Crippen LogP contribution is 2.21. The Morgan fingerprint density at radius 3 is 2.26 bits per heavy atom. The van der Waals surface area contributed by atoms with E-state index in [1.165, 1.54) is 89.8 Å². The summed E-state index contributed by atoms with van der Waals surface area (Å²) in [5.74, 6) is -1.68. The number of rotatable bonds is 9. The second-order valence-corrected chi connectivity index (χ2v) is 9.39. The molecule has 0 saturated carbocycles. The predicted octanol–water partition coefficient (Wildman–Crippen LogP) is 3.04. The van der Waals surface area contributed by atoms with Crippen molar-refractivity contribution in [2.75, 3.05) is 39.3 Å². The van der Waals surface area contributed by atoms with Gasteiger partial charge in [-0.1, -0.05) is 6.42 Å². The third-order valence-electron chi connectivity index (χ3n) is 6.84. The minimum atomic E-state index is -1.26. The molecule has 190 valence electrons. The molecule has 4 rings (SSSR count). The minimum Gasteiger partial charge on any atom is -0.478 e. The van der Waals surface area contributed by atoms with E-state index in [1.807, 2.05) is 0 Å². The molecule has 0 spiro atoms. The predicted molar refractivity (Wildman–Crippen MR) is 129 cm³/mol. The number of piperidine rings is 2. The Morgan fingerprint density at radius 2 is 1.62 bits per heavy atom. The van der Waals surface area contributed by atoms with Gasteiger partial charge in [-0.15, -0.1) is 5.10 Å². The standard InChI is InChI=1S/C21H36N4O.C4H4O4/c1-3-12-24(13-4-1)19-9-15-23(16-10-19)11-6-7-17-26-21-18-20-8-2-5-14-25(20)22-21;5-3(6)1-2-4(7)8/h18-19H,1-17H2;1-2H,(H,5,6)(H,7,8)/b;2-1-. The van der Waals surface area contributed by atoms with Crippen LogP contribution in [0.4, 0.5) is 0 Å². The first-order valence-corrected chi connectivity index (χ1v) is 12.8. The first-order valence-electron chi connectivity index (χ1n) is 12.8. The van der Waals surface area contributed by atoms with Crippen LogP contribution in [0.15, 0.2) is 18.2 Å². The van der Waals surface area contributed by atoms with E-state index in [2.05, 4.69) is 25.6 Å². The number of fused-ring (bicyclic) bond motifs is 1. The second-order valence-electron chi connectivity index (χ2n) is 9.39. The maximum atomic E-state index is 9.55. The Labute approximate surface area is 202 Å². The Kier molecular flexibility index (Phi) is 10.9. The first-order chi connectivity index (χ1) is 16.5. The molecule has 0 aromatic carbocycles. The maximum Gasteiger partial charge on any atom is 0.328 e. The van der Waals surface area contributed by atoms with Crippen molar-refractivity contribution in [1.82, 2.24) is 19.6 Å². The molecule has 34 heavy (non-hydrogen) atoms. The molecule has 0 aliphatic carbocycles. The molecule has 3 aliphatic heterocycles. The van der Waals surface area contributed by atoms with E-state index >= 15 is 0 Å². The van der Waals surface area contributed by atoms with E-state index in [0.29, 0.717) is 12.2 Å². The van der Waals surface area contributed by atoms with Crippen LogP contribution in [0.3, 0.4) is 0 Å². The molecule has 9 heteroatoms. The lowest BCUT2D eigenvalue weighted by atomic mass is 10.00. The number of carbonyl (C=O) groups is 2. The van der Waals surface area contributed by atoms with Crippen LogP contribution in [0.1, 0.15) is 63.5 Å². The number of likely N-dealkylation sites (tertiary alicyclic amines) is 2. The molecule has 0 atom stereocenters. The first kappa shape index (κ1) is 26.2. The van der Waals surface area contributed by atoms with Crippen molar-refractivity contribution in [3.8, 4) is 5.88 Å². The molecule has 0 radical (unpaired) electrons. The van der Waals surface area contributed by atoms with Crippen LogP contribution < -0.4 is 4.74 Å². The fraction of sp³-hybridized carbons (Fsp3) is 0.720. The van der Waals surface area contributed by atoms with Crippen molar-refractivity contribution in [2.24, 2.45) is 0 Å². The summed E-state index contributed by atoms with van der Waals surface area (Å²) in [7, 11) is 0. The molecule has 0 bridgehead atoms. The topological polar surface area (TPSA) is 108 Å². The fourth-order valence-electron chi connectivity index (χ4n) is 5.01. The Hall–Kier alpha value is -2.39. The van der Waals surface area contributed by atoms with E-state index in [9.17, 15) is 9.59 Å². The third kappa shape index (κ3) is 9.10. The van der Waals surface area contributed by atoms with E-state index < -0.39 is 11.9 Å². The molecular weight excluding hydrogens is 436 g/mol. The molecule has 9 nitrogen and oxygen atoms in total. The zero-order chi connectivity index (χ0) is 24.2. The highest BCUT2D eigenvalue weighted by Gasteiger charge is 2.25. The van der Waals surface area contributed by atoms with Crippen molar-refractivity contribution >= 4 is 11.9 Å². The number of ether oxygens (including phenoxy) is 1. The van der Waals surface area contributed by atoms with Gasteiger partial charge in [-0.05, 0) is 90.5 Å². The smallest absolute Gasteiger partial charge is 0.328 e. The fourth-order valence-corrected chi connectivity index (χ4v) is 5.01. The molecule has 2 N–H and O–H groups in total. The zero-order valence-corrected chi connectivity index (χ0v) is 20.2. The van der Waals surface area contributed by atoms with Crippen LogP contribution in [0.25, 0.3) is 0 Å². The average molecular weight is 477 g/mol. The van der Waals surface area contributed by atoms with E-state index in [1.54, 1.807) is 0 Å². The SMILES string of the molecule is O=C(O)/C=C\C(=O)O.c1c(OCCCCN2CCC(N3CCCCC3)CC2)nn2c1CCCC2. The van der Waals surface area contributed by atoms with E-state index in [-0.39, 0.29) is 0 Å². The van der Waals surface area contributed by atoms with Gasteiger partial charge in [0.05, 0.1) is 6.61 Å². The molecule has 2 saturated heterocycles. The van der Waals surface area contributed by atoms with Gasteiger partial charge in [-0.25, -0.2) is 9.59 Å². The molecule has 1 aromatic rings. The third-order valence-corrected chi connectivity index (χ3v) is 6.84. The molecule has 2 fully saturated rings. The molecule has 3 aliphatic rings. The average Bonchev–Trinajstić information content (AvgIpc) is 3.27. The Morgan fingerprint density at radius 1 is 0.941 bits per heavy atom. The maximum absolute atomic E-state index is 9.55. The molecule has 0 amide bonds. The normalized spacial score (nSPS) is 19.9. The van der Waals surface area contributed by atoms with Crippen LogP contribution in [-0.2, 0) is 22.6 Å². The van der Waals surface area contributed by atoms with Crippen LogP contribution in [0, 0.1) is 0 Å². The van der Waals surface area contributed by atoms with Crippen molar-refractivity contribution in [3.05, 3.63) is 23.9 Å². The van der Waals surface area contributed by atoms with Gasteiger partial charge in [0.2, 0.25) is 5.88 Å². The quantitative estimate of drug-likeness (QED) is 0.414. The highest BCUT2D eigenvalue weighted by molar-refractivity contribution is 5.89. The number of carboxylic acid groups (broad SMARTS) is 2. The van der Waals surface area contributed by atoms with Crippen LogP contribution in [0.2, 0.25) is 0 Å². The summed E-state index contributed by atoms with van der Waals surface area (Å²) < 4.78 is 8.02. The van der Waals surface area contributed by atoms with Crippen molar-refractivity contribution in [2.45, 2.75) is 76.8 Å². The number of aryl methyl sites for hydroxylation is 2. The number of hydrogen-bond acceptors (Lipinski definition) is 6. The largest absolute Gasteiger partial charge is 0.478 e. The summed E-state index contributed by atoms with van der Waals surface area (Å²) in [6.45, 7) is 8.37. The summed E-state index contributed by atoms with van der Waals surface area (Å²) in [5.41, 5.74) is 1.35. The Balaban J connectivity index is 0.000000350. The monoisotopic (exact) mass is 476 g/mol. The van der Waals surface area contributed by atoms with Crippen LogP contribution in [0.5, 0.6) is 5.88 Å². The van der Waals surface area contributed by atoms with E-state index in [4.69, 9.17) is 14.9 Å². The number of aliphatic carboxylic acids is 2. The highest BCUT2D eigenvalue weighted by atomic mass is 16.5. The number of hydrogen-bond donors (Lipinski definition) is 2. The van der Waals surface area contributed by atoms with Gasteiger partial charge in [0.15, 0.2) is 0 Å². The molecule has 0 unspecified atom stereocenters. The minimum absolute atomic E-state index is 0.558. The Bertz CT molecular complexity index is 756. The summed E-state index contributed by atoms with van der Waals surface area (Å²) in [5, 5.41) is 20.2. The lowest BCUT2D eigenvalue weighted by molar-refractivity contribution is -0.134.